The van der Waals surface area contributed by atoms with Crippen molar-refractivity contribution in [3.05, 3.63) is 70.3 Å². The van der Waals surface area contributed by atoms with Crippen LogP contribution in [0.1, 0.15) is 24.3 Å². The van der Waals surface area contributed by atoms with Crippen LogP contribution in [0.3, 0.4) is 0 Å². The summed E-state index contributed by atoms with van der Waals surface area (Å²) in [6.07, 6.45) is 2.20. The van der Waals surface area contributed by atoms with E-state index >= 15 is 0 Å². The fraction of sp³-hybridized carbons (Fsp3) is 0.211. The van der Waals surface area contributed by atoms with Gasteiger partial charge in [-0.25, -0.2) is 4.39 Å². The lowest BCUT2D eigenvalue weighted by molar-refractivity contribution is 0.629. The molecule has 0 amide bonds. The molecule has 4 rings (SSSR count). The van der Waals surface area contributed by atoms with Gasteiger partial charge in [-0.3, -0.25) is 4.79 Å². The Labute approximate surface area is 127 Å². The monoisotopic (exact) mass is 293 g/mol. The molecule has 1 aliphatic rings. The van der Waals surface area contributed by atoms with Crippen molar-refractivity contribution in [1.82, 2.24) is 4.57 Å². The topological polar surface area (TPSA) is 22.0 Å². The second-order valence-corrected chi connectivity index (χ2v) is 5.96. The maximum absolute atomic E-state index is 13.8. The summed E-state index contributed by atoms with van der Waals surface area (Å²) in [5.74, 6) is 0.132. The van der Waals surface area contributed by atoms with Crippen LogP contribution in [-0.4, -0.2) is 4.57 Å². The zero-order chi connectivity index (χ0) is 15.3. The van der Waals surface area contributed by atoms with E-state index in [1.807, 2.05) is 30.3 Å². The Kier molecular flexibility index (Phi) is 2.89. The number of hydrogen-bond acceptors (Lipinski definition) is 1. The van der Waals surface area contributed by atoms with Crippen LogP contribution in [0.15, 0.2) is 53.3 Å². The highest BCUT2D eigenvalue weighted by atomic mass is 19.1. The van der Waals surface area contributed by atoms with Crippen LogP contribution in [0.25, 0.3) is 22.0 Å². The molecule has 110 valence electrons. The minimum atomic E-state index is -0.290. The summed E-state index contributed by atoms with van der Waals surface area (Å²) < 4.78 is 15.5. The molecule has 0 saturated heterocycles. The Morgan fingerprint density at radius 3 is 2.45 bits per heavy atom. The average Bonchev–Trinajstić information content (AvgIpc) is 3.36. The lowest BCUT2D eigenvalue weighted by atomic mass is 9.96. The summed E-state index contributed by atoms with van der Waals surface area (Å²) in [5, 5.41) is 1.37. The highest BCUT2D eigenvalue weighted by Crippen LogP contribution is 2.46. The molecule has 0 N–H and O–H groups in total. The first-order valence-electron chi connectivity index (χ1n) is 7.54. The number of pyridine rings is 1. The van der Waals surface area contributed by atoms with Gasteiger partial charge in [-0.2, -0.15) is 0 Å². The molecule has 0 atom stereocenters. The van der Waals surface area contributed by atoms with Gasteiger partial charge in [-0.05, 0) is 53.5 Å². The second-order valence-electron chi connectivity index (χ2n) is 5.96. The highest BCUT2D eigenvalue weighted by Gasteiger charge is 2.30. The number of hydrogen-bond donors (Lipinski definition) is 0. The average molecular weight is 293 g/mol. The Morgan fingerprint density at radius 2 is 1.77 bits per heavy atom. The van der Waals surface area contributed by atoms with E-state index in [1.54, 1.807) is 17.7 Å². The first-order chi connectivity index (χ1) is 10.7. The maximum atomic E-state index is 13.8. The van der Waals surface area contributed by atoms with E-state index < -0.39 is 0 Å². The van der Waals surface area contributed by atoms with E-state index in [-0.39, 0.29) is 11.4 Å². The molecule has 2 aromatic carbocycles. The number of benzene rings is 2. The standard InChI is InChI=1S/C19H16FNO/c1-21-18(13-5-3-2-4-6-13)17(12-7-8-12)16-11-14(20)9-10-15(16)19(21)22/h2-6,9-12H,7-8H2,1H3. The molecule has 0 bridgehead atoms. The molecule has 0 spiro atoms. The fourth-order valence-corrected chi connectivity index (χ4v) is 3.25. The van der Waals surface area contributed by atoms with Gasteiger partial charge in [-0.15, -0.1) is 0 Å². The minimum Gasteiger partial charge on any atom is -0.310 e. The summed E-state index contributed by atoms with van der Waals surface area (Å²) in [5.41, 5.74) is 2.97. The van der Waals surface area contributed by atoms with E-state index in [2.05, 4.69) is 0 Å². The first kappa shape index (κ1) is 13.3. The van der Waals surface area contributed by atoms with E-state index in [0.29, 0.717) is 11.3 Å². The van der Waals surface area contributed by atoms with Gasteiger partial charge in [-0.1, -0.05) is 30.3 Å². The van der Waals surface area contributed by atoms with Crippen molar-refractivity contribution in [2.45, 2.75) is 18.8 Å². The lowest BCUT2D eigenvalue weighted by Gasteiger charge is -2.17. The van der Waals surface area contributed by atoms with Crippen molar-refractivity contribution in [1.29, 1.82) is 0 Å². The smallest absolute Gasteiger partial charge is 0.258 e. The van der Waals surface area contributed by atoms with E-state index in [0.717, 1.165) is 35.0 Å². The Morgan fingerprint density at radius 1 is 1.05 bits per heavy atom. The maximum Gasteiger partial charge on any atom is 0.258 e. The molecule has 1 heterocycles. The zero-order valence-corrected chi connectivity index (χ0v) is 12.3. The molecule has 1 fully saturated rings. The molecule has 2 nitrogen and oxygen atoms in total. The molecule has 1 aliphatic carbocycles. The molecule has 0 unspecified atom stereocenters. The molecule has 3 aromatic rings. The van der Waals surface area contributed by atoms with Crippen molar-refractivity contribution >= 4 is 10.8 Å². The zero-order valence-electron chi connectivity index (χ0n) is 12.3. The third-order valence-electron chi connectivity index (χ3n) is 4.43. The predicted octanol–water partition coefficient (Wildman–Crippen LogP) is 4.22. The van der Waals surface area contributed by atoms with E-state index in [4.69, 9.17) is 0 Å². The van der Waals surface area contributed by atoms with Gasteiger partial charge < -0.3 is 4.57 Å². The normalized spacial score (nSPS) is 14.5. The summed E-state index contributed by atoms with van der Waals surface area (Å²) in [6, 6.07) is 14.4. The number of rotatable bonds is 2. The molecule has 1 saturated carbocycles. The molecule has 0 radical (unpaired) electrons. The molecule has 3 heteroatoms. The molecule has 0 aliphatic heterocycles. The number of halogens is 1. The molecule has 22 heavy (non-hydrogen) atoms. The fourth-order valence-electron chi connectivity index (χ4n) is 3.25. The number of fused-ring (bicyclic) bond motifs is 1. The summed E-state index contributed by atoms with van der Waals surface area (Å²) in [6.45, 7) is 0. The summed E-state index contributed by atoms with van der Waals surface area (Å²) in [4.78, 5) is 12.7. The van der Waals surface area contributed by atoms with Crippen molar-refractivity contribution in [3.63, 3.8) is 0 Å². The first-order valence-corrected chi connectivity index (χ1v) is 7.54. The minimum absolute atomic E-state index is 0.0711. The Bertz CT molecular complexity index is 924. The second kappa shape index (κ2) is 4.80. The van der Waals surface area contributed by atoms with Crippen LogP contribution in [0, 0.1) is 5.82 Å². The molecular formula is C19H16FNO. The lowest BCUT2D eigenvalue weighted by Crippen LogP contribution is -2.20. The number of nitrogens with zero attached hydrogens (tertiary/aromatic N) is 1. The van der Waals surface area contributed by atoms with Crippen molar-refractivity contribution in [2.24, 2.45) is 7.05 Å². The Hall–Kier alpha value is -2.42. The largest absolute Gasteiger partial charge is 0.310 e. The van der Waals surface area contributed by atoms with Gasteiger partial charge in [0, 0.05) is 12.4 Å². The SMILES string of the molecule is Cn1c(-c2ccccc2)c(C2CC2)c2cc(F)ccc2c1=O. The van der Waals surface area contributed by atoms with Crippen LogP contribution in [0.4, 0.5) is 4.39 Å². The third-order valence-corrected chi connectivity index (χ3v) is 4.43. The van der Waals surface area contributed by atoms with Crippen LogP contribution < -0.4 is 5.56 Å². The summed E-state index contributed by atoms with van der Waals surface area (Å²) in [7, 11) is 1.80. The van der Waals surface area contributed by atoms with Gasteiger partial charge >= 0.3 is 0 Å². The van der Waals surface area contributed by atoms with Gasteiger partial charge in [0.1, 0.15) is 5.82 Å². The highest BCUT2D eigenvalue weighted by molar-refractivity contribution is 5.91. The van der Waals surface area contributed by atoms with Crippen molar-refractivity contribution < 1.29 is 4.39 Å². The van der Waals surface area contributed by atoms with E-state index in [1.165, 1.54) is 12.1 Å². The van der Waals surface area contributed by atoms with Crippen molar-refractivity contribution in [2.75, 3.05) is 0 Å². The predicted molar refractivity (Wildman–Crippen MR) is 86.6 cm³/mol. The molecular weight excluding hydrogens is 277 g/mol. The van der Waals surface area contributed by atoms with Crippen LogP contribution in [0.2, 0.25) is 0 Å². The number of aromatic nitrogens is 1. The van der Waals surface area contributed by atoms with Gasteiger partial charge in [0.05, 0.1) is 5.69 Å². The van der Waals surface area contributed by atoms with Gasteiger partial charge in [0.25, 0.3) is 5.56 Å². The molecule has 1 aromatic heterocycles. The van der Waals surface area contributed by atoms with Gasteiger partial charge in [0.2, 0.25) is 0 Å². The van der Waals surface area contributed by atoms with Crippen LogP contribution in [0.5, 0.6) is 0 Å². The van der Waals surface area contributed by atoms with E-state index in [9.17, 15) is 9.18 Å². The Balaban J connectivity index is 2.18. The summed E-state index contributed by atoms with van der Waals surface area (Å²) >= 11 is 0. The van der Waals surface area contributed by atoms with Gasteiger partial charge in [0.15, 0.2) is 0 Å². The third kappa shape index (κ3) is 1.97. The van der Waals surface area contributed by atoms with Crippen LogP contribution >= 0.6 is 0 Å². The van der Waals surface area contributed by atoms with Crippen molar-refractivity contribution in [3.8, 4) is 11.3 Å². The quantitative estimate of drug-likeness (QED) is 0.693. The van der Waals surface area contributed by atoms with Crippen LogP contribution in [-0.2, 0) is 7.05 Å².